The molecule has 2 aromatic carbocycles. The van der Waals surface area contributed by atoms with Gasteiger partial charge in [0.25, 0.3) is 0 Å². The maximum absolute atomic E-state index is 12.3. The predicted molar refractivity (Wildman–Crippen MR) is 117 cm³/mol. The van der Waals surface area contributed by atoms with Gasteiger partial charge < -0.3 is 14.6 Å². The number of carbonyl (C=O) groups excluding carboxylic acids is 1. The van der Waals surface area contributed by atoms with E-state index >= 15 is 0 Å². The molecule has 3 aromatic rings. The number of ether oxygens (including phenoxy) is 1. The zero-order valence-electron chi connectivity index (χ0n) is 16.4. The molecule has 0 saturated carbocycles. The number of nitrogens with one attached hydrogen (secondary N) is 1. The number of hydrogen-bond donors (Lipinski definition) is 1. The second-order valence-corrected chi connectivity index (χ2v) is 7.60. The lowest BCUT2D eigenvalue weighted by atomic mass is 10.1. The smallest absolute Gasteiger partial charge is 0.234 e. The lowest BCUT2D eigenvalue weighted by molar-refractivity contribution is -0.113. The third-order valence-electron chi connectivity index (χ3n) is 4.28. The highest BCUT2D eigenvalue weighted by Crippen LogP contribution is 2.25. The summed E-state index contributed by atoms with van der Waals surface area (Å²) in [5.41, 5.74) is 2.03. The summed E-state index contributed by atoms with van der Waals surface area (Å²) in [7, 11) is 0. The Morgan fingerprint density at radius 2 is 1.90 bits per heavy atom. The standard InChI is InChI=1S/C21H23ClN4O2S/c1-3-15-9-11-16(12-10-15)23-20(27)14-29-21-25-24-19(26(21)4-2)13-28-18-8-6-5-7-17(18)22/h5-12H,3-4,13-14H2,1-2H3,(H,23,27). The summed E-state index contributed by atoms with van der Waals surface area (Å²) < 4.78 is 7.69. The van der Waals surface area contributed by atoms with Crippen molar-refractivity contribution in [3.63, 3.8) is 0 Å². The van der Waals surface area contributed by atoms with Crippen LogP contribution in [-0.2, 0) is 24.4 Å². The van der Waals surface area contributed by atoms with Gasteiger partial charge in [-0.1, -0.05) is 54.6 Å². The first kappa shape index (κ1) is 21.2. The normalized spacial score (nSPS) is 10.7. The molecule has 1 N–H and O–H groups in total. The molecule has 3 rings (SSSR count). The van der Waals surface area contributed by atoms with Crippen molar-refractivity contribution >= 4 is 35.0 Å². The first-order valence-electron chi connectivity index (χ1n) is 9.41. The van der Waals surface area contributed by atoms with E-state index in [0.717, 1.165) is 12.1 Å². The molecule has 0 atom stereocenters. The molecule has 0 aliphatic carbocycles. The van der Waals surface area contributed by atoms with E-state index < -0.39 is 0 Å². The lowest BCUT2D eigenvalue weighted by Gasteiger charge is -2.10. The zero-order valence-corrected chi connectivity index (χ0v) is 18.0. The van der Waals surface area contributed by atoms with Gasteiger partial charge in [0.1, 0.15) is 12.4 Å². The Morgan fingerprint density at radius 1 is 1.14 bits per heavy atom. The minimum atomic E-state index is -0.0845. The Morgan fingerprint density at radius 3 is 2.59 bits per heavy atom. The molecule has 0 aliphatic rings. The molecule has 0 spiro atoms. The summed E-state index contributed by atoms with van der Waals surface area (Å²) in [6, 6.07) is 15.2. The van der Waals surface area contributed by atoms with Gasteiger partial charge in [0.05, 0.1) is 10.8 Å². The largest absolute Gasteiger partial charge is 0.484 e. The topological polar surface area (TPSA) is 69.0 Å². The van der Waals surface area contributed by atoms with Crippen LogP contribution in [0.15, 0.2) is 53.7 Å². The number of amides is 1. The fourth-order valence-electron chi connectivity index (χ4n) is 2.71. The van der Waals surface area contributed by atoms with Crippen molar-refractivity contribution in [2.75, 3.05) is 11.1 Å². The molecule has 1 amide bonds. The van der Waals surface area contributed by atoms with E-state index in [9.17, 15) is 4.79 Å². The van der Waals surface area contributed by atoms with E-state index in [4.69, 9.17) is 16.3 Å². The van der Waals surface area contributed by atoms with Gasteiger partial charge in [0.15, 0.2) is 11.0 Å². The van der Waals surface area contributed by atoms with Crippen molar-refractivity contribution in [2.45, 2.75) is 38.6 Å². The van der Waals surface area contributed by atoms with E-state index in [-0.39, 0.29) is 18.3 Å². The van der Waals surface area contributed by atoms with Crippen LogP contribution in [0.4, 0.5) is 5.69 Å². The van der Waals surface area contributed by atoms with E-state index in [1.807, 2.05) is 54.0 Å². The summed E-state index contributed by atoms with van der Waals surface area (Å²) in [5.74, 6) is 1.45. The molecule has 0 radical (unpaired) electrons. The number of para-hydroxylation sites is 1. The third-order valence-corrected chi connectivity index (χ3v) is 5.56. The highest BCUT2D eigenvalue weighted by Gasteiger charge is 2.14. The maximum atomic E-state index is 12.3. The van der Waals surface area contributed by atoms with Gasteiger partial charge in [-0.25, -0.2) is 0 Å². The molecule has 0 unspecified atom stereocenters. The van der Waals surface area contributed by atoms with Crippen LogP contribution in [0.2, 0.25) is 5.02 Å². The monoisotopic (exact) mass is 430 g/mol. The fourth-order valence-corrected chi connectivity index (χ4v) is 3.72. The van der Waals surface area contributed by atoms with Gasteiger partial charge in [-0.3, -0.25) is 4.79 Å². The molecular weight excluding hydrogens is 408 g/mol. The van der Waals surface area contributed by atoms with Crippen LogP contribution < -0.4 is 10.1 Å². The summed E-state index contributed by atoms with van der Waals surface area (Å²) in [5, 5.41) is 12.5. The van der Waals surface area contributed by atoms with E-state index in [2.05, 4.69) is 22.4 Å². The molecule has 8 heteroatoms. The third kappa shape index (κ3) is 5.74. The number of benzene rings is 2. The number of aryl methyl sites for hydroxylation is 1. The van der Waals surface area contributed by atoms with Crippen molar-refractivity contribution in [1.82, 2.24) is 14.8 Å². The van der Waals surface area contributed by atoms with Crippen LogP contribution in [-0.4, -0.2) is 26.4 Å². The van der Waals surface area contributed by atoms with Crippen LogP contribution in [0.5, 0.6) is 5.75 Å². The van der Waals surface area contributed by atoms with Gasteiger partial charge in [-0.15, -0.1) is 10.2 Å². The van der Waals surface area contributed by atoms with Crippen molar-refractivity contribution in [3.8, 4) is 5.75 Å². The fraction of sp³-hybridized carbons (Fsp3) is 0.286. The molecule has 0 saturated heterocycles. The molecule has 29 heavy (non-hydrogen) atoms. The van der Waals surface area contributed by atoms with Crippen LogP contribution in [0.1, 0.15) is 25.2 Å². The van der Waals surface area contributed by atoms with Crippen molar-refractivity contribution in [1.29, 1.82) is 0 Å². The lowest BCUT2D eigenvalue weighted by Crippen LogP contribution is -2.15. The van der Waals surface area contributed by atoms with Crippen molar-refractivity contribution in [2.24, 2.45) is 0 Å². The average molecular weight is 431 g/mol. The Balaban J connectivity index is 1.56. The van der Waals surface area contributed by atoms with Crippen LogP contribution >= 0.6 is 23.4 Å². The van der Waals surface area contributed by atoms with Crippen LogP contribution in [0.3, 0.4) is 0 Å². The average Bonchev–Trinajstić information content (AvgIpc) is 3.14. The Kier molecular flexibility index (Phi) is 7.55. The quantitative estimate of drug-likeness (QED) is 0.492. The highest BCUT2D eigenvalue weighted by atomic mass is 35.5. The molecule has 1 heterocycles. The highest BCUT2D eigenvalue weighted by molar-refractivity contribution is 7.99. The molecule has 6 nitrogen and oxygen atoms in total. The number of halogens is 1. The summed E-state index contributed by atoms with van der Waals surface area (Å²) >= 11 is 7.47. The van der Waals surface area contributed by atoms with Crippen LogP contribution in [0, 0.1) is 0 Å². The molecule has 0 fully saturated rings. The van der Waals surface area contributed by atoms with Gasteiger partial charge in [0, 0.05) is 12.2 Å². The van der Waals surface area contributed by atoms with E-state index in [1.165, 1.54) is 17.3 Å². The zero-order chi connectivity index (χ0) is 20.6. The SMILES string of the molecule is CCc1ccc(NC(=O)CSc2nnc(COc3ccccc3Cl)n2CC)cc1. The minimum absolute atomic E-state index is 0.0845. The Labute approximate surface area is 179 Å². The summed E-state index contributed by atoms with van der Waals surface area (Å²) in [6.07, 6.45) is 0.972. The molecule has 0 bridgehead atoms. The summed E-state index contributed by atoms with van der Waals surface area (Å²) in [4.78, 5) is 12.3. The van der Waals surface area contributed by atoms with Crippen LogP contribution in [0.25, 0.3) is 0 Å². The van der Waals surface area contributed by atoms with Crippen molar-refractivity contribution < 1.29 is 9.53 Å². The molecule has 1 aromatic heterocycles. The summed E-state index contributed by atoms with van der Waals surface area (Å²) in [6.45, 7) is 5.03. The number of anilines is 1. The molecular formula is C21H23ClN4O2S. The number of rotatable bonds is 9. The number of carbonyl (C=O) groups is 1. The number of aromatic nitrogens is 3. The second kappa shape index (κ2) is 10.3. The van der Waals surface area contributed by atoms with E-state index in [1.54, 1.807) is 6.07 Å². The first-order valence-corrected chi connectivity index (χ1v) is 10.8. The van der Waals surface area contributed by atoms with Gasteiger partial charge >= 0.3 is 0 Å². The van der Waals surface area contributed by atoms with Gasteiger partial charge in [-0.05, 0) is 43.2 Å². The number of nitrogens with zero attached hydrogens (tertiary/aromatic N) is 3. The Hall–Kier alpha value is -2.51. The Bertz CT molecular complexity index is 960. The second-order valence-electron chi connectivity index (χ2n) is 6.25. The minimum Gasteiger partial charge on any atom is -0.484 e. The predicted octanol–water partition coefficient (Wildman–Crippen LogP) is 4.82. The first-order chi connectivity index (χ1) is 14.1. The van der Waals surface area contributed by atoms with Gasteiger partial charge in [0.2, 0.25) is 5.91 Å². The van der Waals surface area contributed by atoms with Crippen molar-refractivity contribution in [3.05, 3.63) is 64.9 Å². The van der Waals surface area contributed by atoms with E-state index in [0.29, 0.717) is 28.3 Å². The number of thioether (sulfide) groups is 1. The maximum Gasteiger partial charge on any atom is 0.234 e. The molecule has 152 valence electrons. The van der Waals surface area contributed by atoms with Gasteiger partial charge in [-0.2, -0.15) is 0 Å². The molecule has 0 aliphatic heterocycles. The number of hydrogen-bond acceptors (Lipinski definition) is 5.